The first-order chi connectivity index (χ1) is 10.1. The second-order valence-electron chi connectivity index (χ2n) is 4.91. The van der Waals surface area contributed by atoms with E-state index < -0.39 is 6.10 Å². The fraction of sp³-hybridized carbons (Fsp3) is 0.438. The van der Waals surface area contributed by atoms with E-state index in [0.717, 1.165) is 40.1 Å². The maximum absolute atomic E-state index is 9.50. The molecule has 0 aliphatic rings. The standard InChI is InChI=1S/C16H21BrN2O2/c1-4-14-16(17)15(19(5-2)18-14)10-21-13-8-6-12(7-9-13)11(3)20/h6-9,11,20H,4-5,10H2,1-3H3. The molecule has 2 aromatic rings. The summed E-state index contributed by atoms with van der Waals surface area (Å²) in [4.78, 5) is 0. The number of aliphatic hydroxyl groups excluding tert-OH is 1. The molecule has 0 fully saturated rings. The molecule has 1 atom stereocenters. The van der Waals surface area contributed by atoms with Crippen LogP contribution in [0.5, 0.6) is 5.75 Å². The minimum atomic E-state index is -0.457. The van der Waals surface area contributed by atoms with Crippen molar-refractivity contribution < 1.29 is 9.84 Å². The van der Waals surface area contributed by atoms with E-state index in [9.17, 15) is 5.11 Å². The van der Waals surface area contributed by atoms with Gasteiger partial charge < -0.3 is 9.84 Å². The SMILES string of the molecule is CCc1nn(CC)c(COc2ccc(C(C)O)cc2)c1Br. The van der Waals surface area contributed by atoms with Crippen LogP contribution < -0.4 is 4.74 Å². The van der Waals surface area contributed by atoms with Gasteiger partial charge in [0.25, 0.3) is 0 Å². The molecular weight excluding hydrogens is 332 g/mol. The van der Waals surface area contributed by atoms with E-state index in [4.69, 9.17) is 4.74 Å². The maximum atomic E-state index is 9.50. The normalized spacial score (nSPS) is 12.4. The van der Waals surface area contributed by atoms with E-state index in [1.807, 2.05) is 28.9 Å². The lowest BCUT2D eigenvalue weighted by molar-refractivity contribution is 0.199. The van der Waals surface area contributed by atoms with Gasteiger partial charge in [-0.1, -0.05) is 19.1 Å². The number of hydrogen-bond acceptors (Lipinski definition) is 3. The highest BCUT2D eigenvalue weighted by Crippen LogP contribution is 2.24. The molecule has 5 heteroatoms. The van der Waals surface area contributed by atoms with Crippen LogP contribution >= 0.6 is 15.9 Å². The number of aromatic nitrogens is 2. The van der Waals surface area contributed by atoms with Crippen molar-refractivity contribution in [3.8, 4) is 5.75 Å². The Labute approximate surface area is 133 Å². The second kappa shape index (κ2) is 7.09. The van der Waals surface area contributed by atoms with Gasteiger partial charge in [-0.05, 0) is 53.9 Å². The average molecular weight is 353 g/mol. The summed E-state index contributed by atoms with van der Waals surface area (Å²) in [7, 11) is 0. The summed E-state index contributed by atoms with van der Waals surface area (Å²) in [6.45, 7) is 7.19. The van der Waals surface area contributed by atoms with Crippen LogP contribution in [0.3, 0.4) is 0 Å². The number of rotatable bonds is 6. The van der Waals surface area contributed by atoms with Crippen LogP contribution in [0.15, 0.2) is 28.7 Å². The number of benzene rings is 1. The number of hydrogen-bond donors (Lipinski definition) is 1. The molecule has 0 bridgehead atoms. The minimum absolute atomic E-state index is 0.457. The Kier molecular flexibility index (Phi) is 5.42. The van der Waals surface area contributed by atoms with Crippen molar-refractivity contribution in [1.82, 2.24) is 9.78 Å². The molecule has 4 nitrogen and oxygen atoms in total. The van der Waals surface area contributed by atoms with Crippen LogP contribution in [-0.2, 0) is 19.6 Å². The largest absolute Gasteiger partial charge is 0.487 e. The predicted octanol–water partition coefficient (Wildman–Crippen LogP) is 3.86. The summed E-state index contributed by atoms with van der Waals surface area (Å²) >= 11 is 3.61. The first-order valence-electron chi connectivity index (χ1n) is 7.21. The maximum Gasteiger partial charge on any atom is 0.131 e. The van der Waals surface area contributed by atoms with Gasteiger partial charge >= 0.3 is 0 Å². The van der Waals surface area contributed by atoms with Crippen LogP contribution in [0.25, 0.3) is 0 Å². The van der Waals surface area contributed by atoms with Crippen molar-refractivity contribution in [1.29, 1.82) is 0 Å². The Morgan fingerprint density at radius 3 is 2.48 bits per heavy atom. The molecule has 1 heterocycles. The summed E-state index contributed by atoms with van der Waals surface area (Å²) in [6.07, 6.45) is 0.436. The average Bonchev–Trinajstić information content (AvgIpc) is 2.81. The van der Waals surface area contributed by atoms with E-state index in [-0.39, 0.29) is 0 Å². The Balaban J connectivity index is 2.10. The van der Waals surface area contributed by atoms with Crippen molar-refractivity contribution in [2.45, 2.75) is 46.4 Å². The number of ether oxygens (including phenoxy) is 1. The van der Waals surface area contributed by atoms with Gasteiger partial charge in [0.1, 0.15) is 12.4 Å². The second-order valence-corrected chi connectivity index (χ2v) is 5.70. The number of nitrogens with zero attached hydrogens (tertiary/aromatic N) is 2. The molecule has 1 aromatic heterocycles. The highest BCUT2D eigenvalue weighted by Gasteiger charge is 2.14. The Morgan fingerprint density at radius 1 is 1.29 bits per heavy atom. The van der Waals surface area contributed by atoms with Crippen LogP contribution in [0.2, 0.25) is 0 Å². The number of aryl methyl sites for hydroxylation is 2. The third kappa shape index (κ3) is 3.66. The highest BCUT2D eigenvalue weighted by atomic mass is 79.9. The lowest BCUT2D eigenvalue weighted by Gasteiger charge is -2.10. The van der Waals surface area contributed by atoms with Gasteiger partial charge in [-0.25, -0.2) is 0 Å². The van der Waals surface area contributed by atoms with Gasteiger partial charge in [0.2, 0.25) is 0 Å². The Bertz CT molecular complexity index is 591. The lowest BCUT2D eigenvalue weighted by Crippen LogP contribution is -2.06. The molecule has 0 saturated carbocycles. The molecule has 0 radical (unpaired) electrons. The quantitative estimate of drug-likeness (QED) is 0.858. The zero-order chi connectivity index (χ0) is 15.4. The van der Waals surface area contributed by atoms with Crippen molar-refractivity contribution in [3.63, 3.8) is 0 Å². The van der Waals surface area contributed by atoms with E-state index in [1.165, 1.54) is 0 Å². The van der Waals surface area contributed by atoms with Crippen molar-refractivity contribution in [2.75, 3.05) is 0 Å². The van der Waals surface area contributed by atoms with Crippen molar-refractivity contribution in [2.24, 2.45) is 0 Å². The molecule has 1 unspecified atom stereocenters. The molecule has 0 saturated heterocycles. The number of aliphatic hydroxyl groups is 1. The van der Waals surface area contributed by atoms with Crippen LogP contribution in [-0.4, -0.2) is 14.9 Å². The third-order valence-electron chi connectivity index (χ3n) is 3.43. The first kappa shape index (κ1) is 16.0. The molecule has 21 heavy (non-hydrogen) atoms. The topological polar surface area (TPSA) is 47.3 Å². The van der Waals surface area contributed by atoms with Gasteiger partial charge in [-0.3, -0.25) is 4.68 Å². The molecule has 0 aliphatic carbocycles. The third-order valence-corrected chi connectivity index (χ3v) is 4.35. The molecule has 0 spiro atoms. The summed E-state index contributed by atoms with van der Waals surface area (Å²) in [5, 5.41) is 14.1. The molecule has 2 rings (SSSR count). The molecule has 0 aliphatic heterocycles. The highest BCUT2D eigenvalue weighted by molar-refractivity contribution is 9.10. The molecular formula is C16H21BrN2O2. The van der Waals surface area contributed by atoms with Gasteiger partial charge in [-0.15, -0.1) is 0 Å². The Morgan fingerprint density at radius 2 is 1.95 bits per heavy atom. The fourth-order valence-electron chi connectivity index (χ4n) is 2.15. The van der Waals surface area contributed by atoms with E-state index in [1.54, 1.807) is 6.92 Å². The van der Waals surface area contributed by atoms with Crippen LogP contribution in [0.4, 0.5) is 0 Å². The van der Waals surface area contributed by atoms with E-state index in [2.05, 4.69) is 34.9 Å². The van der Waals surface area contributed by atoms with Crippen molar-refractivity contribution >= 4 is 15.9 Å². The smallest absolute Gasteiger partial charge is 0.131 e. The summed E-state index contributed by atoms with van der Waals surface area (Å²) in [5.74, 6) is 0.785. The zero-order valence-electron chi connectivity index (χ0n) is 12.6. The minimum Gasteiger partial charge on any atom is -0.487 e. The van der Waals surface area contributed by atoms with Crippen molar-refractivity contribution in [3.05, 3.63) is 45.7 Å². The zero-order valence-corrected chi connectivity index (χ0v) is 14.2. The van der Waals surface area contributed by atoms with E-state index in [0.29, 0.717) is 6.61 Å². The molecule has 114 valence electrons. The summed E-state index contributed by atoms with van der Waals surface area (Å²) < 4.78 is 8.84. The Hall–Kier alpha value is -1.33. The molecule has 1 N–H and O–H groups in total. The predicted molar refractivity (Wildman–Crippen MR) is 86.4 cm³/mol. The summed E-state index contributed by atoms with van der Waals surface area (Å²) in [6, 6.07) is 7.51. The summed E-state index contributed by atoms with van der Waals surface area (Å²) in [5.41, 5.74) is 2.99. The van der Waals surface area contributed by atoms with Crippen LogP contribution in [0, 0.1) is 0 Å². The van der Waals surface area contributed by atoms with Gasteiger partial charge in [0, 0.05) is 6.54 Å². The van der Waals surface area contributed by atoms with E-state index >= 15 is 0 Å². The fourth-order valence-corrected chi connectivity index (χ4v) is 2.83. The molecule has 0 amide bonds. The van der Waals surface area contributed by atoms with Gasteiger partial charge in [0.05, 0.1) is 22.0 Å². The van der Waals surface area contributed by atoms with Gasteiger partial charge in [0.15, 0.2) is 0 Å². The lowest BCUT2D eigenvalue weighted by atomic mass is 10.1. The number of halogens is 1. The van der Waals surface area contributed by atoms with Gasteiger partial charge in [-0.2, -0.15) is 5.10 Å². The van der Waals surface area contributed by atoms with Crippen LogP contribution in [0.1, 0.15) is 43.8 Å². The first-order valence-corrected chi connectivity index (χ1v) is 8.01. The molecule has 1 aromatic carbocycles. The monoisotopic (exact) mass is 352 g/mol.